The molecule has 2 N–H and O–H groups in total. The summed E-state index contributed by atoms with van der Waals surface area (Å²) in [6, 6.07) is -0.612. The summed E-state index contributed by atoms with van der Waals surface area (Å²) in [5, 5.41) is 3.96. The van der Waals surface area contributed by atoms with Gasteiger partial charge in [-0.3, -0.25) is 19.3 Å². The zero-order chi connectivity index (χ0) is 15.9. The molecule has 8 nitrogen and oxygen atoms in total. The summed E-state index contributed by atoms with van der Waals surface area (Å²) >= 11 is 1.38. The molecule has 118 valence electrons. The summed E-state index contributed by atoms with van der Waals surface area (Å²) in [4.78, 5) is 42.3. The van der Waals surface area contributed by atoms with Gasteiger partial charge in [0.1, 0.15) is 12.6 Å². The lowest BCUT2D eigenvalue weighted by Gasteiger charge is -2.33. The standard InChI is InChI=1S/C13H15N3O5S/c1-20-11(18)5-15-10(17)3-2-8(13(15)19)16-4-7-9(21-16)6-22-12(7)14/h6,8H,2-5,14H2,1H3. The third-order valence-electron chi connectivity index (χ3n) is 3.76. The Balaban J connectivity index is 1.74. The van der Waals surface area contributed by atoms with Crippen molar-refractivity contribution < 1.29 is 24.0 Å². The van der Waals surface area contributed by atoms with Crippen molar-refractivity contribution in [2.75, 3.05) is 19.4 Å². The van der Waals surface area contributed by atoms with Gasteiger partial charge < -0.3 is 15.3 Å². The molecule has 0 bridgehead atoms. The lowest BCUT2D eigenvalue weighted by atomic mass is 10.0. The second kappa shape index (κ2) is 5.58. The molecule has 3 rings (SSSR count). The first-order valence-electron chi connectivity index (χ1n) is 6.72. The first kappa shape index (κ1) is 14.8. The number of fused-ring (bicyclic) bond motifs is 1. The number of carbonyl (C=O) groups is 3. The van der Waals surface area contributed by atoms with Gasteiger partial charge in [0.25, 0.3) is 5.91 Å². The highest BCUT2D eigenvalue weighted by Crippen LogP contribution is 2.39. The number of ether oxygens (including phenoxy) is 1. The molecule has 1 aromatic heterocycles. The molecule has 3 heterocycles. The maximum absolute atomic E-state index is 12.5. The summed E-state index contributed by atoms with van der Waals surface area (Å²) < 4.78 is 4.52. The molecule has 0 aromatic carbocycles. The van der Waals surface area contributed by atoms with E-state index < -0.39 is 17.9 Å². The number of imide groups is 1. The number of thiophene rings is 1. The highest BCUT2D eigenvalue weighted by Gasteiger charge is 2.42. The van der Waals surface area contributed by atoms with Gasteiger partial charge in [-0.05, 0) is 6.42 Å². The molecule has 1 saturated heterocycles. The molecular formula is C13H15N3O5S. The monoisotopic (exact) mass is 325 g/mol. The average molecular weight is 325 g/mol. The zero-order valence-corrected chi connectivity index (χ0v) is 12.7. The molecule has 9 heteroatoms. The number of esters is 1. The number of methoxy groups -OCH3 is 1. The Labute approximate surface area is 130 Å². The molecular weight excluding hydrogens is 310 g/mol. The number of nitrogens with zero attached hydrogens (tertiary/aromatic N) is 2. The Hall–Kier alpha value is -2.13. The predicted molar refractivity (Wildman–Crippen MR) is 76.7 cm³/mol. The Morgan fingerprint density at radius 3 is 3.00 bits per heavy atom. The van der Waals surface area contributed by atoms with E-state index in [-0.39, 0.29) is 18.9 Å². The van der Waals surface area contributed by atoms with Crippen molar-refractivity contribution in [1.82, 2.24) is 9.96 Å². The fourth-order valence-corrected chi connectivity index (χ4v) is 3.28. The topological polar surface area (TPSA) is 102 Å². The highest BCUT2D eigenvalue weighted by atomic mass is 32.1. The van der Waals surface area contributed by atoms with Gasteiger partial charge in [0, 0.05) is 17.4 Å². The fourth-order valence-electron chi connectivity index (χ4n) is 2.55. The number of piperidine rings is 1. The number of anilines is 1. The van der Waals surface area contributed by atoms with Crippen molar-refractivity contribution in [2.45, 2.75) is 25.4 Å². The quantitative estimate of drug-likeness (QED) is 0.622. The van der Waals surface area contributed by atoms with E-state index in [9.17, 15) is 14.4 Å². The number of likely N-dealkylation sites (tertiary alicyclic amines) is 1. The van der Waals surface area contributed by atoms with Crippen LogP contribution in [0.4, 0.5) is 5.00 Å². The molecule has 1 unspecified atom stereocenters. The van der Waals surface area contributed by atoms with Crippen LogP contribution >= 0.6 is 11.3 Å². The van der Waals surface area contributed by atoms with Crippen LogP contribution in [-0.2, 0) is 25.7 Å². The van der Waals surface area contributed by atoms with Crippen LogP contribution in [0.5, 0.6) is 5.75 Å². The first-order valence-corrected chi connectivity index (χ1v) is 7.60. The van der Waals surface area contributed by atoms with E-state index >= 15 is 0 Å². The fraction of sp³-hybridized carbons (Fsp3) is 0.462. The van der Waals surface area contributed by atoms with Crippen LogP contribution < -0.4 is 10.6 Å². The summed E-state index contributed by atoms with van der Waals surface area (Å²) in [5.41, 5.74) is 6.71. The van der Waals surface area contributed by atoms with E-state index in [4.69, 9.17) is 10.6 Å². The lowest BCUT2D eigenvalue weighted by molar-refractivity contribution is -0.169. The van der Waals surface area contributed by atoms with Crippen molar-refractivity contribution in [3.05, 3.63) is 10.9 Å². The molecule has 2 aliphatic heterocycles. The Kier molecular flexibility index (Phi) is 3.75. The largest absolute Gasteiger partial charge is 0.468 e. The second-order valence-electron chi connectivity index (χ2n) is 5.06. The van der Waals surface area contributed by atoms with Crippen LogP contribution in [0.3, 0.4) is 0 Å². The normalized spacial score (nSPS) is 21.7. The SMILES string of the molecule is COC(=O)CN1C(=O)CCC(N2Cc3c(csc3N)O2)C1=O. The summed E-state index contributed by atoms with van der Waals surface area (Å²) in [6.45, 7) is 0.0171. The number of nitrogen functional groups attached to an aromatic ring is 1. The second-order valence-corrected chi connectivity index (χ2v) is 5.97. The molecule has 0 saturated carbocycles. The van der Waals surface area contributed by atoms with E-state index in [0.717, 1.165) is 10.5 Å². The Morgan fingerprint density at radius 1 is 1.55 bits per heavy atom. The number of hydrogen-bond acceptors (Lipinski definition) is 8. The van der Waals surface area contributed by atoms with E-state index in [0.29, 0.717) is 23.7 Å². The van der Waals surface area contributed by atoms with Gasteiger partial charge in [-0.15, -0.1) is 16.4 Å². The molecule has 1 fully saturated rings. The first-order chi connectivity index (χ1) is 10.5. The molecule has 0 aliphatic carbocycles. The van der Waals surface area contributed by atoms with Crippen LogP contribution in [0.1, 0.15) is 18.4 Å². The minimum absolute atomic E-state index is 0.176. The maximum atomic E-state index is 12.5. The molecule has 2 amide bonds. The van der Waals surface area contributed by atoms with Crippen LogP contribution in [0.15, 0.2) is 5.38 Å². The number of carbonyl (C=O) groups excluding carboxylic acids is 3. The maximum Gasteiger partial charge on any atom is 0.325 e. The summed E-state index contributed by atoms with van der Waals surface area (Å²) in [6.07, 6.45) is 0.526. The van der Waals surface area contributed by atoms with Gasteiger partial charge in [-0.25, -0.2) is 0 Å². The van der Waals surface area contributed by atoms with E-state index in [1.165, 1.54) is 23.5 Å². The Bertz CT molecular complexity index is 644. The van der Waals surface area contributed by atoms with Crippen LogP contribution in [-0.4, -0.2) is 47.4 Å². The third-order valence-corrected chi connectivity index (χ3v) is 4.60. The average Bonchev–Trinajstić information content (AvgIpc) is 3.06. The van der Waals surface area contributed by atoms with Gasteiger partial charge in [0.05, 0.1) is 18.7 Å². The molecule has 1 atom stereocenters. The van der Waals surface area contributed by atoms with E-state index in [2.05, 4.69) is 4.74 Å². The lowest BCUT2D eigenvalue weighted by Crippen LogP contribution is -2.55. The van der Waals surface area contributed by atoms with Gasteiger partial charge in [0.15, 0.2) is 5.75 Å². The van der Waals surface area contributed by atoms with E-state index in [1.807, 2.05) is 0 Å². The molecule has 22 heavy (non-hydrogen) atoms. The van der Waals surface area contributed by atoms with E-state index in [1.54, 1.807) is 5.38 Å². The van der Waals surface area contributed by atoms with Gasteiger partial charge in [-0.1, -0.05) is 0 Å². The van der Waals surface area contributed by atoms with Crippen LogP contribution in [0.25, 0.3) is 0 Å². The van der Waals surface area contributed by atoms with Gasteiger partial charge in [0.2, 0.25) is 5.91 Å². The minimum Gasteiger partial charge on any atom is -0.468 e. The Morgan fingerprint density at radius 2 is 2.32 bits per heavy atom. The van der Waals surface area contributed by atoms with Crippen LogP contribution in [0, 0.1) is 0 Å². The van der Waals surface area contributed by atoms with Crippen molar-refractivity contribution >= 4 is 34.1 Å². The molecule has 0 spiro atoms. The van der Waals surface area contributed by atoms with Gasteiger partial charge >= 0.3 is 5.97 Å². The number of hydrogen-bond donors (Lipinski definition) is 1. The van der Waals surface area contributed by atoms with Crippen molar-refractivity contribution in [2.24, 2.45) is 0 Å². The highest BCUT2D eigenvalue weighted by molar-refractivity contribution is 7.14. The predicted octanol–water partition coefficient (Wildman–Crippen LogP) is 0.130. The molecule has 2 aliphatic rings. The number of hydroxylamine groups is 2. The number of amides is 2. The summed E-state index contributed by atoms with van der Waals surface area (Å²) in [7, 11) is 1.21. The zero-order valence-electron chi connectivity index (χ0n) is 11.9. The smallest absolute Gasteiger partial charge is 0.325 e. The van der Waals surface area contributed by atoms with Gasteiger partial charge in [-0.2, -0.15) is 0 Å². The summed E-state index contributed by atoms with van der Waals surface area (Å²) in [5.74, 6) is -0.812. The number of rotatable bonds is 3. The third kappa shape index (κ3) is 2.42. The molecule has 1 aromatic rings. The number of nitrogens with two attached hydrogens (primary N) is 1. The molecule has 0 radical (unpaired) electrons. The van der Waals surface area contributed by atoms with Crippen molar-refractivity contribution in [3.63, 3.8) is 0 Å². The minimum atomic E-state index is -0.632. The van der Waals surface area contributed by atoms with Crippen molar-refractivity contribution in [3.8, 4) is 5.75 Å². The van der Waals surface area contributed by atoms with Crippen molar-refractivity contribution in [1.29, 1.82) is 0 Å². The van der Waals surface area contributed by atoms with Crippen LogP contribution in [0.2, 0.25) is 0 Å².